The second-order valence-electron chi connectivity index (χ2n) is 6.47. The summed E-state index contributed by atoms with van der Waals surface area (Å²) in [6, 6.07) is 6.89. The maximum Gasteiger partial charge on any atom is 0.354 e. The first-order valence-corrected chi connectivity index (χ1v) is 8.35. The van der Waals surface area contributed by atoms with Crippen LogP contribution in [0.15, 0.2) is 30.5 Å². The molecule has 1 spiro atoms. The number of carboxylic acids is 1. The summed E-state index contributed by atoms with van der Waals surface area (Å²) in [7, 11) is 0. The van der Waals surface area contributed by atoms with E-state index >= 15 is 0 Å². The number of phenolic OH excluding ortho intramolecular Hbond substituents is 1. The van der Waals surface area contributed by atoms with Gasteiger partial charge in [-0.15, -0.1) is 0 Å². The van der Waals surface area contributed by atoms with Gasteiger partial charge in [0, 0.05) is 19.3 Å². The minimum Gasteiger partial charge on any atom is -0.508 e. The van der Waals surface area contributed by atoms with Crippen LogP contribution in [0.25, 0.3) is 0 Å². The third-order valence-corrected chi connectivity index (χ3v) is 5.05. The minimum absolute atomic E-state index is 0.0000222. The number of aromatic nitrogens is 2. The first-order chi connectivity index (χ1) is 12.1. The van der Waals surface area contributed by atoms with Gasteiger partial charge in [-0.25, -0.2) is 14.8 Å². The number of fused-ring (bicyclic) bond motifs is 2. The Balaban J connectivity index is 1.56. The van der Waals surface area contributed by atoms with E-state index in [2.05, 4.69) is 9.97 Å². The number of piperidine rings is 1. The number of hydrogen-bond acceptors (Lipinski definition) is 6. The molecule has 0 atom stereocenters. The van der Waals surface area contributed by atoms with Crippen LogP contribution in [0.5, 0.6) is 5.75 Å². The van der Waals surface area contributed by atoms with E-state index in [1.807, 2.05) is 17.0 Å². The lowest BCUT2D eigenvalue weighted by atomic mass is 9.79. The van der Waals surface area contributed by atoms with Crippen LogP contribution in [-0.2, 0) is 16.8 Å². The molecule has 4 rings (SSSR count). The Bertz CT molecular complexity index is 816. The van der Waals surface area contributed by atoms with Crippen LogP contribution in [0.4, 0.5) is 5.95 Å². The van der Waals surface area contributed by atoms with Crippen molar-refractivity contribution < 1.29 is 19.7 Å². The third kappa shape index (κ3) is 2.80. The number of hydrogen-bond donors (Lipinski definition) is 2. The number of aromatic carboxylic acids is 1. The van der Waals surface area contributed by atoms with Crippen molar-refractivity contribution in [1.29, 1.82) is 0 Å². The van der Waals surface area contributed by atoms with Crippen molar-refractivity contribution >= 4 is 11.9 Å². The summed E-state index contributed by atoms with van der Waals surface area (Å²) in [5.41, 5.74) is 1.95. The quantitative estimate of drug-likeness (QED) is 0.862. The van der Waals surface area contributed by atoms with Crippen molar-refractivity contribution in [2.45, 2.75) is 24.9 Å². The maximum absolute atomic E-state index is 11.1. The first-order valence-electron chi connectivity index (χ1n) is 8.35. The molecule has 130 valence electrons. The van der Waals surface area contributed by atoms with E-state index in [0.717, 1.165) is 30.4 Å². The topological polar surface area (TPSA) is 95.8 Å². The largest absolute Gasteiger partial charge is 0.508 e. The van der Waals surface area contributed by atoms with Gasteiger partial charge in [-0.2, -0.15) is 0 Å². The lowest BCUT2D eigenvalue weighted by molar-refractivity contribution is -0.0768. The summed E-state index contributed by atoms with van der Waals surface area (Å²) in [6.07, 6.45) is 3.82. The number of nitrogens with zero attached hydrogens (tertiary/aromatic N) is 3. The van der Waals surface area contributed by atoms with Crippen LogP contribution in [0.1, 0.15) is 34.5 Å². The summed E-state index contributed by atoms with van der Waals surface area (Å²) in [6.45, 7) is 2.01. The molecule has 2 aliphatic heterocycles. The van der Waals surface area contributed by atoms with Gasteiger partial charge < -0.3 is 19.8 Å². The molecule has 1 fully saturated rings. The van der Waals surface area contributed by atoms with Crippen molar-refractivity contribution in [2.75, 3.05) is 24.6 Å². The van der Waals surface area contributed by atoms with Crippen molar-refractivity contribution in [1.82, 2.24) is 9.97 Å². The van der Waals surface area contributed by atoms with Crippen LogP contribution in [0.3, 0.4) is 0 Å². The third-order valence-electron chi connectivity index (χ3n) is 5.05. The van der Waals surface area contributed by atoms with E-state index in [4.69, 9.17) is 9.84 Å². The molecule has 2 N–H and O–H groups in total. The van der Waals surface area contributed by atoms with E-state index in [0.29, 0.717) is 25.6 Å². The summed E-state index contributed by atoms with van der Waals surface area (Å²) < 4.78 is 6.18. The molecule has 7 heteroatoms. The van der Waals surface area contributed by atoms with Gasteiger partial charge in [0.2, 0.25) is 5.95 Å². The molecule has 2 aromatic rings. The molecule has 1 aromatic carbocycles. The molecule has 1 saturated heterocycles. The second-order valence-corrected chi connectivity index (χ2v) is 6.47. The SMILES string of the molecule is O=C(O)c1ccnc(N2CCC3(CC2)OCCc2cc(O)ccc23)n1. The highest BCUT2D eigenvalue weighted by Gasteiger charge is 2.41. The van der Waals surface area contributed by atoms with Gasteiger partial charge in [0.1, 0.15) is 5.75 Å². The molecular formula is C18H19N3O4. The summed E-state index contributed by atoms with van der Waals surface area (Å²) >= 11 is 0. The molecule has 0 amide bonds. The molecule has 25 heavy (non-hydrogen) atoms. The van der Waals surface area contributed by atoms with Crippen LogP contribution in [0.2, 0.25) is 0 Å². The van der Waals surface area contributed by atoms with Gasteiger partial charge >= 0.3 is 5.97 Å². The lowest BCUT2D eigenvalue weighted by Gasteiger charge is -2.45. The number of rotatable bonds is 2. The smallest absolute Gasteiger partial charge is 0.354 e. The average molecular weight is 341 g/mol. The Morgan fingerprint density at radius 1 is 1.24 bits per heavy atom. The van der Waals surface area contributed by atoms with Crippen molar-refractivity contribution in [3.63, 3.8) is 0 Å². The molecule has 0 bridgehead atoms. The molecule has 1 aromatic heterocycles. The molecule has 0 radical (unpaired) electrons. The van der Waals surface area contributed by atoms with Crippen LogP contribution in [-0.4, -0.2) is 45.8 Å². The number of anilines is 1. The van der Waals surface area contributed by atoms with Gasteiger partial charge in [0.15, 0.2) is 5.69 Å². The van der Waals surface area contributed by atoms with E-state index in [9.17, 15) is 9.90 Å². The van der Waals surface area contributed by atoms with Gasteiger partial charge in [-0.05, 0) is 48.6 Å². The average Bonchev–Trinajstić information content (AvgIpc) is 2.62. The zero-order chi connectivity index (χ0) is 17.4. The highest BCUT2D eigenvalue weighted by atomic mass is 16.5. The molecule has 0 unspecified atom stereocenters. The zero-order valence-corrected chi connectivity index (χ0v) is 13.7. The highest BCUT2D eigenvalue weighted by Crippen LogP contribution is 2.42. The summed E-state index contributed by atoms with van der Waals surface area (Å²) in [4.78, 5) is 21.4. The number of carbonyl (C=O) groups is 1. The van der Waals surface area contributed by atoms with Crippen LogP contribution in [0, 0.1) is 0 Å². The number of carboxylic acid groups (broad SMARTS) is 1. The Hall–Kier alpha value is -2.67. The number of aromatic hydroxyl groups is 1. The monoisotopic (exact) mass is 341 g/mol. The Morgan fingerprint density at radius 3 is 2.80 bits per heavy atom. The maximum atomic E-state index is 11.1. The Morgan fingerprint density at radius 2 is 2.04 bits per heavy atom. The van der Waals surface area contributed by atoms with Crippen LogP contribution >= 0.6 is 0 Å². The Kier molecular flexibility index (Phi) is 3.80. The summed E-state index contributed by atoms with van der Waals surface area (Å²) in [5, 5.41) is 18.8. The normalized spacial score (nSPS) is 18.8. The van der Waals surface area contributed by atoms with Crippen molar-refractivity contribution in [3.05, 3.63) is 47.3 Å². The van der Waals surface area contributed by atoms with E-state index in [1.54, 1.807) is 6.07 Å². The zero-order valence-electron chi connectivity index (χ0n) is 13.7. The highest BCUT2D eigenvalue weighted by molar-refractivity contribution is 5.85. The fraction of sp³-hybridized carbons (Fsp3) is 0.389. The van der Waals surface area contributed by atoms with Crippen molar-refractivity contribution in [2.24, 2.45) is 0 Å². The molecule has 0 aliphatic carbocycles. The standard InChI is InChI=1S/C18H19N3O4/c22-13-1-2-14-12(11-13)4-10-25-18(14)5-8-21(9-6-18)17-19-7-3-15(20-17)16(23)24/h1-3,7,11,22H,4-6,8-10H2,(H,23,24). The van der Waals surface area contributed by atoms with E-state index in [-0.39, 0.29) is 17.0 Å². The molecule has 0 saturated carbocycles. The number of ether oxygens (including phenoxy) is 1. The van der Waals surface area contributed by atoms with Gasteiger partial charge in [0.05, 0.1) is 12.2 Å². The van der Waals surface area contributed by atoms with Gasteiger partial charge in [-0.1, -0.05) is 6.07 Å². The molecule has 2 aliphatic rings. The van der Waals surface area contributed by atoms with Crippen LogP contribution < -0.4 is 4.90 Å². The second kappa shape index (κ2) is 6.00. The van der Waals surface area contributed by atoms with Gasteiger partial charge in [-0.3, -0.25) is 0 Å². The minimum atomic E-state index is -1.05. The van der Waals surface area contributed by atoms with Crippen molar-refractivity contribution in [3.8, 4) is 5.75 Å². The fourth-order valence-electron chi connectivity index (χ4n) is 3.77. The van der Waals surface area contributed by atoms with E-state index in [1.165, 1.54) is 12.3 Å². The predicted molar refractivity (Wildman–Crippen MR) is 89.9 cm³/mol. The number of phenols is 1. The predicted octanol–water partition coefficient (Wildman–Crippen LogP) is 1.95. The Labute approximate surface area is 144 Å². The molecule has 3 heterocycles. The fourth-order valence-corrected chi connectivity index (χ4v) is 3.77. The number of benzene rings is 1. The molecule has 7 nitrogen and oxygen atoms in total. The molecular weight excluding hydrogens is 322 g/mol. The first kappa shape index (κ1) is 15.8. The van der Waals surface area contributed by atoms with Gasteiger partial charge in [0.25, 0.3) is 0 Å². The summed E-state index contributed by atoms with van der Waals surface area (Å²) in [5.74, 6) is -0.329. The van der Waals surface area contributed by atoms with E-state index < -0.39 is 5.97 Å². The lowest BCUT2D eigenvalue weighted by Crippen LogP contribution is -2.47.